The molecule has 13 heavy (non-hydrogen) atoms. The van der Waals surface area contributed by atoms with Gasteiger partial charge in [0, 0.05) is 0 Å². The Bertz CT molecular complexity index is 194. The molecule has 0 aliphatic carbocycles. The standard InChI is InChI=1S/C9H18N2O2/c1-7(2)4-8-9(13)11(6-12)5-10(8)3/h7-8,12H,4-6H2,1-3H3/t8-/m0/s1. The van der Waals surface area contributed by atoms with Crippen molar-refractivity contribution in [2.75, 3.05) is 20.4 Å². The molecule has 1 aliphatic rings. The van der Waals surface area contributed by atoms with Crippen LogP contribution in [0.5, 0.6) is 0 Å². The summed E-state index contributed by atoms with van der Waals surface area (Å²) < 4.78 is 0. The van der Waals surface area contributed by atoms with Gasteiger partial charge in [0.25, 0.3) is 0 Å². The van der Waals surface area contributed by atoms with Crippen LogP contribution in [0, 0.1) is 5.92 Å². The summed E-state index contributed by atoms with van der Waals surface area (Å²) in [6, 6.07) is -0.0350. The van der Waals surface area contributed by atoms with Gasteiger partial charge in [0.1, 0.15) is 6.73 Å². The molecular formula is C9H18N2O2. The fourth-order valence-corrected chi connectivity index (χ4v) is 1.68. The van der Waals surface area contributed by atoms with E-state index in [1.807, 2.05) is 11.9 Å². The van der Waals surface area contributed by atoms with Crippen LogP contribution in [0.3, 0.4) is 0 Å². The number of hydrogen-bond donors (Lipinski definition) is 1. The van der Waals surface area contributed by atoms with Gasteiger partial charge in [-0.15, -0.1) is 0 Å². The van der Waals surface area contributed by atoms with Crippen molar-refractivity contribution < 1.29 is 9.90 Å². The molecule has 1 rings (SSSR count). The van der Waals surface area contributed by atoms with Gasteiger partial charge in [0.15, 0.2) is 0 Å². The molecule has 0 spiro atoms. The predicted octanol–water partition coefficient (Wildman–Crippen LogP) is 0.0824. The van der Waals surface area contributed by atoms with Gasteiger partial charge in [-0.25, -0.2) is 0 Å². The zero-order valence-corrected chi connectivity index (χ0v) is 8.53. The molecule has 0 aromatic heterocycles. The summed E-state index contributed by atoms with van der Waals surface area (Å²) in [7, 11) is 1.92. The van der Waals surface area contributed by atoms with Crippen molar-refractivity contribution in [3.63, 3.8) is 0 Å². The van der Waals surface area contributed by atoms with Gasteiger partial charge in [-0.2, -0.15) is 0 Å². The minimum atomic E-state index is -0.169. The van der Waals surface area contributed by atoms with Gasteiger partial charge in [0.2, 0.25) is 5.91 Å². The van der Waals surface area contributed by atoms with Crippen LogP contribution >= 0.6 is 0 Å². The Labute approximate surface area is 79.1 Å². The van der Waals surface area contributed by atoms with Gasteiger partial charge in [-0.1, -0.05) is 13.8 Å². The maximum atomic E-state index is 11.6. The van der Waals surface area contributed by atoms with E-state index in [-0.39, 0.29) is 18.7 Å². The third-order valence-corrected chi connectivity index (χ3v) is 2.39. The van der Waals surface area contributed by atoms with E-state index >= 15 is 0 Å². The lowest BCUT2D eigenvalue weighted by Gasteiger charge is -2.17. The Hall–Kier alpha value is -0.610. The third-order valence-electron chi connectivity index (χ3n) is 2.39. The van der Waals surface area contributed by atoms with Crippen molar-refractivity contribution in [2.24, 2.45) is 5.92 Å². The van der Waals surface area contributed by atoms with Crippen LogP contribution in [0.4, 0.5) is 0 Å². The van der Waals surface area contributed by atoms with Crippen molar-refractivity contribution in [2.45, 2.75) is 26.3 Å². The van der Waals surface area contributed by atoms with Crippen LogP contribution in [0.25, 0.3) is 0 Å². The van der Waals surface area contributed by atoms with Crippen LogP contribution < -0.4 is 0 Å². The van der Waals surface area contributed by atoms with Gasteiger partial charge in [-0.3, -0.25) is 9.69 Å². The van der Waals surface area contributed by atoms with E-state index in [1.165, 1.54) is 4.90 Å². The Balaban J connectivity index is 2.59. The summed E-state index contributed by atoms with van der Waals surface area (Å²) in [6.07, 6.45) is 0.867. The Morgan fingerprint density at radius 2 is 2.23 bits per heavy atom. The molecule has 1 fully saturated rings. The molecule has 1 amide bonds. The molecular weight excluding hydrogens is 168 g/mol. The van der Waals surface area contributed by atoms with Crippen LogP contribution in [-0.2, 0) is 4.79 Å². The minimum absolute atomic E-state index is 0.0350. The van der Waals surface area contributed by atoms with Crippen LogP contribution in [-0.4, -0.2) is 47.3 Å². The van der Waals surface area contributed by atoms with Gasteiger partial charge in [-0.05, 0) is 19.4 Å². The maximum Gasteiger partial charge on any atom is 0.242 e. The molecule has 0 bridgehead atoms. The van der Waals surface area contributed by atoms with E-state index < -0.39 is 0 Å². The second-order valence-electron chi connectivity index (χ2n) is 4.06. The summed E-state index contributed by atoms with van der Waals surface area (Å²) in [6.45, 7) is 4.58. The number of hydrogen-bond acceptors (Lipinski definition) is 3. The second kappa shape index (κ2) is 4.07. The van der Waals surface area contributed by atoms with E-state index in [2.05, 4.69) is 13.8 Å². The van der Waals surface area contributed by atoms with Gasteiger partial charge >= 0.3 is 0 Å². The van der Waals surface area contributed by atoms with E-state index in [4.69, 9.17) is 5.11 Å². The Morgan fingerprint density at radius 3 is 2.62 bits per heavy atom. The lowest BCUT2D eigenvalue weighted by atomic mass is 10.0. The average Bonchev–Trinajstić information content (AvgIpc) is 2.31. The highest BCUT2D eigenvalue weighted by Crippen LogP contribution is 2.18. The number of carbonyl (C=O) groups is 1. The summed E-state index contributed by atoms with van der Waals surface area (Å²) in [4.78, 5) is 15.1. The number of amides is 1. The lowest BCUT2D eigenvalue weighted by molar-refractivity contribution is -0.132. The highest BCUT2D eigenvalue weighted by molar-refractivity contribution is 5.83. The first-order chi connectivity index (χ1) is 6.06. The fraction of sp³-hybridized carbons (Fsp3) is 0.889. The minimum Gasteiger partial charge on any atom is -0.376 e. The largest absolute Gasteiger partial charge is 0.376 e. The highest BCUT2D eigenvalue weighted by Gasteiger charge is 2.35. The summed E-state index contributed by atoms with van der Waals surface area (Å²) in [5, 5.41) is 8.88. The smallest absolute Gasteiger partial charge is 0.242 e. The molecule has 0 radical (unpaired) electrons. The van der Waals surface area contributed by atoms with Crippen molar-refractivity contribution in [3.05, 3.63) is 0 Å². The molecule has 0 aromatic carbocycles. The number of aliphatic hydroxyl groups is 1. The summed E-state index contributed by atoms with van der Waals surface area (Å²) >= 11 is 0. The first kappa shape index (κ1) is 10.5. The van der Waals surface area contributed by atoms with Crippen LogP contribution in [0.1, 0.15) is 20.3 Å². The van der Waals surface area contributed by atoms with Gasteiger partial charge < -0.3 is 10.0 Å². The van der Waals surface area contributed by atoms with E-state index in [0.717, 1.165) is 6.42 Å². The molecule has 1 saturated heterocycles. The molecule has 0 aromatic rings. The van der Waals surface area contributed by atoms with Crippen LogP contribution in [0.15, 0.2) is 0 Å². The average molecular weight is 186 g/mol. The first-order valence-electron chi connectivity index (χ1n) is 4.66. The maximum absolute atomic E-state index is 11.6. The quantitative estimate of drug-likeness (QED) is 0.679. The van der Waals surface area contributed by atoms with E-state index in [1.54, 1.807) is 0 Å². The third kappa shape index (κ3) is 2.19. The summed E-state index contributed by atoms with van der Waals surface area (Å²) in [5.74, 6) is 0.564. The number of likely N-dealkylation sites (N-methyl/N-ethyl adjacent to an activating group) is 1. The lowest BCUT2D eigenvalue weighted by Crippen LogP contribution is -2.32. The van der Waals surface area contributed by atoms with Crippen molar-refractivity contribution in [3.8, 4) is 0 Å². The molecule has 0 saturated carbocycles. The second-order valence-corrected chi connectivity index (χ2v) is 4.06. The fourth-order valence-electron chi connectivity index (χ4n) is 1.68. The highest BCUT2D eigenvalue weighted by atomic mass is 16.3. The molecule has 1 heterocycles. The predicted molar refractivity (Wildman–Crippen MR) is 49.8 cm³/mol. The van der Waals surface area contributed by atoms with Gasteiger partial charge in [0.05, 0.1) is 12.7 Å². The Kier molecular flexibility index (Phi) is 3.27. The molecule has 1 atom stereocenters. The number of rotatable bonds is 3. The van der Waals surface area contributed by atoms with Crippen molar-refractivity contribution in [1.82, 2.24) is 9.80 Å². The van der Waals surface area contributed by atoms with Crippen molar-refractivity contribution in [1.29, 1.82) is 0 Å². The molecule has 0 unspecified atom stereocenters. The molecule has 4 heteroatoms. The normalized spacial score (nSPS) is 24.8. The summed E-state index contributed by atoms with van der Waals surface area (Å²) in [5.41, 5.74) is 0. The molecule has 1 aliphatic heterocycles. The first-order valence-corrected chi connectivity index (χ1v) is 4.66. The monoisotopic (exact) mass is 186 g/mol. The number of nitrogens with zero attached hydrogens (tertiary/aromatic N) is 2. The molecule has 76 valence electrons. The topological polar surface area (TPSA) is 43.8 Å². The number of carbonyl (C=O) groups excluding carboxylic acids is 1. The van der Waals surface area contributed by atoms with Crippen molar-refractivity contribution >= 4 is 5.91 Å². The zero-order valence-electron chi connectivity index (χ0n) is 8.53. The molecule has 1 N–H and O–H groups in total. The van der Waals surface area contributed by atoms with E-state index in [0.29, 0.717) is 12.6 Å². The Morgan fingerprint density at radius 1 is 1.62 bits per heavy atom. The SMILES string of the molecule is CC(C)C[C@H]1C(=O)N(CO)CN1C. The molecule has 4 nitrogen and oxygen atoms in total. The van der Waals surface area contributed by atoms with E-state index in [9.17, 15) is 4.79 Å². The van der Waals surface area contributed by atoms with Crippen LogP contribution in [0.2, 0.25) is 0 Å². The zero-order chi connectivity index (χ0) is 10.0. The number of aliphatic hydroxyl groups excluding tert-OH is 1.